The van der Waals surface area contributed by atoms with Crippen LogP contribution in [0.2, 0.25) is 0 Å². The summed E-state index contributed by atoms with van der Waals surface area (Å²) in [6.45, 7) is 3.93. The Bertz CT molecular complexity index is 1300. The first-order valence-electron chi connectivity index (χ1n) is 13.0. The van der Waals surface area contributed by atoms with E-state index >= 15 is 0 Å². The molecule has 0 saturated carbocycles. The average molecular weight is 528 g/mol. The number of nitrogens with one attached hydrogen (secondary N) is 2. The molecule has 2 atom stereocenters. The summed E-state index contributed by atoms with van der Waals surface area (Å²) in [7, 11) is -1.72. The number of amides is 2. The highest BCUT2D eigenvalue weighted by atomic mass is 16.7. The van der Waals surface area contributed by atoms with Gasteiger partial charge in [-0.1, -0.05) is 85.7 Å². The van der Waals surface area contributed by atoms with Crippen molar-refractivity contribution in [3.8, 4) is 11.3 Å². The van der Waals surface area contributed by atoms with Crippen LogP contribution in [0.15, 0.2) is 84.0 Å². The second-order valence-corrected chi connectivity index (χ2v) is 10.2. The van der Waals surface area contributed by atoms with E-state index in [0.29, 0.717) is 17.8 Å². The van der Waals surface area contributed by atoms with Crippen LogP contribution in [-0.2, 0) is 16.1 Å². The standard InChI is InChI=1S/C29H33BN4O5/c1-20(2)16-26(30(37)38)33-28(36)29(17-21-10-5-3-6-11-21)18-23(34-39-29)19-31-27(35)25-15-9-14-24(32-25)22-12-7-4-8-13-22/h3-15,20,26,37-38H,16-19H2,1-2H3,(H,31,35)(H,33,36). The summed E-state index contributed by atoms with van der Waals surface area (Å²) in [5, 5.41) is 29.4. The van der Waals surface area contributed by atoms with Crippen LogP contribution in [0.1, 0.15) is 42.7 Å². The maximum atomic E-state index is 13.5. The molecule has 3 aromatic rings. The van der Waals surface area contributed by atoms with Crippen molar-refractivity contribution in [2.24, 2.45) is 11.1 Å². The monoisotopic (exact) mass is 528 g/mol. The van der Waals surface area contributed by atoms with E-state index in [1.54, 1.807) is 12.1 Å². The van der Waals surface area contributed by atoms with Crippen LogP contribution >= 0.6 is 0 Å². The fourth-order valence-electron chi connectivity index (χ4n) is 4.53. The lowest BCUT2D eigenvalue weighted by atomic mass is 9.74. The molecule has 0 radical (unpaired) electrons. The summed E-state index contributed by atoms with van der Waals surface area (Å²) >= 11 is 0. The highest BCUT2D eigenvalue weighted by Crippen LogP contribution is 2.29. The molecule has 1 aromatic heterocycles. The maximum Gasteiger partial charge on any atom is 0.475 e. The van der Waals surface area contributed by atoms with E-state index in [1.165, 1.54) is 0 Å². The molecule has 1 aliphatic rings. The minimum Gasteiger partial charge on any atom is -0.426 e. The minimum atomic E-state index is -1.72. The summed E-state index contributed by atoms with van der Waals surface area (Å²) in [5.41, 5.74) is 1.81. The van der Waals surface area contributed by atoms with Crippen molar-refractivity contribution in [2.45, 2.75) is 44.7 Å². The average Bonchev–Trinajstić information content (AvgIpc) is 3.36. The van der Waals surface area contributed by atoms with Gasteiger partial charge < -0.3 is 25.5 Å². The Hall–Kier alpha value is -4.02. The molecule has 4 N–H and O–H groups in total. The quantitative estimate of drug-likeness (QED) is 0.283. The molecule has 202 valence electrons. The molecule has 1 aliphatic heterocycles. The number of carbonyl (C=O) groups is 2. The van der Waals surface area contributed by atoms with Crippen molar-refractivity contribution in [3.63, 3.8) is 0 Å². The van der Waals surface area contributed by atoms with Crippen molar-refractivity contribution in [1.29, 1.82) is 0 Å². The molecule has 39 heavy (non-hydrogen) atoms. The van der Waals surface area contributed by atoms with Gasteiger partial charge in [0.15, 0.2) is 0 Å². The first-order valence-corrected chi connectivity index (χ1v) is 13.0. The molecule has 2 unspecified atom stereocenters. The number of hydrogen-bond donors (Lipinski definition) is 4. The first kappa shape index (κ1) is 28.0. The lowest BCUT2D eigenvalue weighted by Gasteiger charge is -2.29. The lowest BCUT2D eigenvalue weighted by Crippen LogP contribution is -2.56. The van der Waals surface area contributed by atoms with Crippen LogP contribution in [0, 0.1) is 5.92 Å². The van der Waals surface area contributed by atoms with Gasteiger partial charge in [0.2, 0.25) is 5.60 Å². The minimum absolute atomic E-state index is 0.0674. The van der Waals surface area contributed by atoms with Crippen molar-refractivity contribution in [2.75, 3.05) is 6.54 Å². The highest BCUT2D eigenvalue weighted by molar-refractivity contribution is 6.43. The van der Waals surface area contributed by atoms with E-state index in [9.17, 15) is 19.6 Å². The highest BCUT2D eigenvalue weighted by Gasteiger charge is 2.48. The Morgan fingerprint density at radius 1 is 1.00 bits per heavy atom. The second-order valence-electron chi connectivity index (χ2n) is 10.2. The van der Waals surface area contributed by atoms with Crippen molar-refractivity contribution in [3.05, 3.63) is 90.1 Å². The van der Waals surface area contributed by atoms with Crippen molar-refractivity contribution < 1.29 is 24.5 Å². The zero-order chi connectivity index (χ0) is 27.8. The normalized spacial score (nSPS) is 17.2. The molecule has 9 nitrogen and oxygen atoms in total. The molecule has 10 heteroatoms. The van der Waals surface area contributed by atoms with E-state index in [1.807, 2.05) is 80.6 Å². The van der Waals surface area contributed by atoms with Crippen LogP contribution in [0.3, 0.4) is 0 Å². The number of oxime groups is 1. The van der Waals surface area contributed by atoms with Crippen LogP contribution in [0.5, 0.6) is 0 Å². The molecule has 4 rings (SSSR count). The van der Waals surface area contributed by atoms with Gasteiger partial charge >= 0.3 is 7.12 Å². The zero-order valence-corrected chi connectivity index (χ0v) is 22.1. The number of nitrogens with zero attached hydrogens (tertiary/aromatic N) is 2. The van der Waals surface area contributed by atoms with Gasteiger partial charge in [-0.3, -0.25) is 9.59 Å². The molecule has 0 aliphatic carbocycles. The summed E-state index contributed by atoms with van der Waals surface area (Å²) < 4.78 is 0. The van der Waals surface area contributed by atoms with Gasteiger partial charge in [-0.25, -0.2) is 4.98 Å². The third kappa shape index (κ3) is 7.31. The topological polar surface area (TPSA) is 133 Å². The molecule has 0 fully saturated rings. The number of rotatable bonds is 11. The first-order chi connectivity index (χ1) is 18.8. The van der Waals surface area contributed by atoms with Gasteiger partial charge in [-0.15, -0.1) is 0 Å². The number of pyridine rings is 1. The Morgan fingerprint density at radius 3 is 2.36 bits per heavy atom. The van der Waals surface area contributed by atoms with E-state index in [0.717, 1.165) is 11.1 Å². The zero-order valence-electron chi connectivity index (χ0n) is 22.1. The number of hydrogen-bond acceptors (Lipinski definition) is 7. The Balaban J connectivity index is 1.45. The summed E-state index contributed by atoms with van der Waals surface area (Å²) in [6, 6.07) is 24.2. The van der Waals surface area contributed by atoms with Gasteiger partial charge in [-0.2, -0.15) is 0 Å². The summed E-state index contributed by atoms with van der Waals surface area (Å²) in [5.74, 6) is -1.60. The van der Waals surface area contributed by atoms with Crippen LogP contribution in [0.4, 0.5) is 0 Å². The van der Waals surface area contributed by atoms with Crippen molar-refractivity contribution >= 4 is 24.6 Å². The fourth-order valence-corrected chi connectivity index (χ4v) is 4.53. The summed E-state index contributed by atoms with van der Waals surface area (Å²) in [4.78, 5) is 36.7. The van der Waals surface area contributed by atoms with Crippen LogP contribution in [-0.4, -0.2) is 57.8 Å². The summed E-state index contributed by atoms with van der Waals surface area (Å²) in [6.07, 6.45) is 0.724. The van der Waals surface area contributed by atoms with Crippen LogP contribution in [0.25, 0.3) is 11.3 Å². The number of benzene rings is 2. The fraction of sp³-hybridized carbons (Fsp3) is 0.310. The molecular weight excluding hydrogens is 495 g/mol. The largest absolute Gasteiger partial charge is 0.475 e. The molecule has 0 spiro atoms. The van der Waals surface area contributed by atoms with E-state index < -0.39 is 24.6 Å². The Morgan fingerprint density at radius 2 is 1.69 bits per heavy atom. The van der Waals surface area contributed by atoms with Crippen LogP contribution < -0.4 is 10.6 Å². The number of carbonyl (C=O) groups excluding carboxylic acids is 2. The third-order valence-electron chi connectivity index (χ3n) is 6.49. The molecular formula is C29H33BN4O5. The maximum absolute atomic E-state index is 13.5. The Labute approximate surface area is 228 Å². The predicted molar refractivity (Wildman–Crippen MR) is 150 cm³/mol. The third-order valence-corrected chi connectivity index (χ3v) is 6.49. The molecule has 2 aromatic carbocycles. The smallest absolute Gasteiger partial charge is 0.426 e. The van der Waals surface area contributed by atoms with E-state index in [2.05, 4.69) is 20.8 Å². The SMILES string of the molecule is CC(C)CC(NC(=O)C1(Cc2ccccc2)CC(CNC(=O)c2cccc(-c3ccccc3)n2)=NO1)B(O)O. The molecule has 0 bridgehead atoms. The van der Waals surface area contributed by atoms with Gasteiger partial charge in [0.05, 0.1) is 23.9 Å². The van der Waals surface area contributed by atoms with Gasteiger partial charge in [0, 0.05) is 18.4 Å². The molecule has 2 amide bonds. The Kier molecular flexibility index (Phi) is 9.11. The lowest BCUT2D eigenvalue weighted by molar-refractivity contribution is -0.144. The van der Waals surface area contributed by atoms with Crippen molar-refractivity contribution in [1.82, 2.24) is 15.6 Å². The van der Waals surface area contributed by atoms with E-state index in [4.69, 9.17) is 4.84 Å². The molecule has 0 saturated heterocycles. The van der Waals surface area contributed by atoms with Gasteiger partial charge in [0.1, 0.15) is 5.69 Å². The number of aromatic nitrogens is 1. The second kappa shape index (κ2) is 12.7. The van der Waals surface area contributed by atoms with Gasteiger partial charge in [0.25, 0.3) is 11.8 Å². The van der Waals surface area contributed by atoms with E-state index in [-0.39, 0.29) is 36.9 Å². The van der Waals surface area contributed by atoms with Gasteiger partial charge in [-0.05, 0) is 30.0 Å². The molecule has 2 heterocycles. The predicted octanol–water partition coefficient (Wildman–Crippen LogP) is 2.78.